The number of aromatic nitrogens is 1. The van der Waals surface area contributed by atoms with Gasteiger partial charge in [0.2, 0.25) is 0 Å². The van der Waals surface area contributed by atoms with Crippen molar-refractivity contribution in [3.05, 3.63) is 42.4 Å². The largest absolute Gasteiger partial charge is 0.440 e. The number of nitrogens with zero attached hydrogens (tertiary/aromatic N) is 1. The van der Waals surface area contributed by atoms with Gasteiger partial charge < -0.3 is 9.73 Å². The summed E-state index contributed by atoms with van der Waals surface area (Å²) in [6.45, 7) is 5.31. The van der Waals surface area contributed by atoms with Crippen molar-refractivity contribution < 1.29 is 4.42 Å². The first kappa shape index (κ1) is 14.3. The highest BCUT2D eigenvalue weighted by Crippen LogP contribution is 2.33. The molecule has 4 heteroatoms. The first-order valence-corrected chi connectivity index (χ1v) is 8.21. The monoisotopic (exact) mass is 300 g/mol. The minimum Gasteiger partial charge on any atom is -0.440 e. The molecular formula is C17H20N2OS. The summed E-state index contributed by atoms with van der Waals surface area (Å²) in [6.07, 6.45) is 3.77. The highest BCUT2D eigenvalue weighted by molar-refractivity contribution is 7.22. The molecule has 3 nitrogen and oxygen atoms in total. The standard InChI is InChI=1S/C17H20N2OS/c1-12(2)18-9-5-8-17-19-11-14(20-17)16-10-13-6-3-4-7-15(13)21-16/h3-4,6-7,10-12,18H,5,8-9H2,1-2H3. The predicted octanol–water partition coefficient (Wildman–Crippen LogP) is 4.49. The number of thiophene rings is 1. The molecule has 0 saturated carbocycles. The molecule has 0 aliphatic carbocycles. The lowest BCUT2D eigenvalue weighted by Gasteiger charge is -2.05. The minimum atomic E-state index is 0.531. The summed E-state index contributed by atoms with van der Waals surface area (Å²) in [6, 6.07) is 11.1. The maximum absolute atomic E-state index is 5.88. The van der Waals surface area contributed by atoms with Crippen LogP contribution in [0.3, 0.4) is 0 Å². The lowest BCUT2D eigenvalue weighted by Crippen LogP contribution is -2.23. The Labute approximate surface area is 129 Å². The Kier molecular flexibility index (Phi) is 4.36. The van der Waals surface area contributed by atoms with E-state index < -0.39 is 0 Å². The van der Waals surface area contributed by atoms with Crippen LogP contribution >= 0.6 is 11.3 Å². The van der Waals surface area contributed by atoms with Crippen molar-refractivity contribution in [3.8, 4) is 10.6 Å². The number of aryl methyl sites for hydroxylation is 1. The molecule has 1 N–H and O–H groups in total. The molecule has 0 bridgehead atoms. The van der Waals surface area contributed by atoms with Crippen LogP contribution in [-0.2, 0) is 6.42 Å². The van der Waals surface area contributed by atoms with Crippen LogP contribution < -0.4 is 5.32 Å². The molecule has 0 atom stereocenters. The van der Waals surface area contributed by atoms with E-state index in [0.717, 1.165) is 35.9 Å². The molecule has 0 unspecified atom stereocenters. The van der Waals surface area contributed by atoms with Crippen molar-refractivity contribution in [1.29, 1.82) is 0 Å². The van der Waals surface area contributed by atoms with Crippen LogP contribution in [0.1, 0.15) is 26.2 Å². The van der Waals surface area contributed by atoms with Crippen LogP contribution in [-0.4, -0.2) is 17.6 Å². The van der Waals surface area contributed by atoms with E-state index >= 15 is 0 Å². The van der Waals surface area contributed by atoms with Crippen molar-refractivity contribution in [2.75, 3.05) is 6.54 Å². The van der Waals surface area contributed by atoms with Gasteiger partial charge in [-0.2, -0.15) is 0 Å². The lowest BCUT2D eigenvalue weighted by atomic mass is 10.2. The maximum Gasteiger partial charge on any atom is 0.194 e. The number of oxazole rings is 1. The Bertz CT molecular complexity index is 681. The predicted molar refractivity (Wildman–Crippen MR) is 88.8 cm³/mol. The van der Waals surface area contributed by atoms with E-state index in [1.165, 1.54) is 10.1 Å². The average molecular weight is 300 g/mol. The summed E-state index contributed by atoms with van der Waals surface area (Å²) in [5.74, 6) is 1.70. The molecule has 3 rings (SSSR count). The van der Waals surface area contributed by atoms with Crippen molar-refractivity contribution in [1.82, 2.24) is 10.3 Å². The Morgan fingerprint density at radius 1 is 1.29 bits per heavy atom. The normalized spacial score (nSPS) is 11.6. The van der Waals surface area contributed by atoms with Crippen LogP contribution in [0.25, 0.3) is 20.7 Å². The summed E-state index contributed by atoms with van der Waals surface area (Å²) in [5.41, 5.74) is 0. The Balaban J connectivity index is 1.66. The maximum atomic E-state index is 5.88. The number of nitrogens with one attached hydrogen (secondary N) is 1. The quantitative estimate of drug-likeness (QED) is 0.682. The van der Waals surface area contributed by atoms with Gasteiger partial charge in [0, 0.05) is 17.2 Å². The van der Waals surface area contributed by atoms with Gasteiger partial charge in [-0.1, -0.05) is 32.0 Å². The summed E-state index contributed by atoms with van der Waals surface area (Å²) in [7, 11) is 0. The van der Waals surface area contributed by atoms with Crippen LogP contribution in [0.4, 0.5) is 0 Å². The molecule has 0 fully saturated rings. The molecule has 0 aliphatic rings. The lowest BCUT2D eigenvalue weighted by molar-refractivity contribution is 0.485. The summed E-state index contributed by atoms with van der Waals surface area (Å²) < 4.78 is 7.16. The zero-order valence-electron chi connectivity index (χ0n) is 12.4. The first-order chi connectivity index (χ1) is 10.2. The van der Waals surface area contributed by atoms with Crippen LogP contribution in [0.15, 0.2) is 40.9 Å². The summed E-state index contributed by atoms with van der Waals surface area (Å²) >= 11 is 1.75. The number of hydrogen-bond donors (Lipinski definition) is 1. The number of fused-ring (bicyclic) bond motifs is 1. The van der Waals surface area contributed by atoms with Crippen LogP contribution in [0.2, 0.25) is 0 Å². The minimum absolute atomic E-state index is 0.531. The summed E-state index contributed by atoms with van der Waals surface area (Å²) in [4.78, 5) is 5.54. The number of hydrogen-bond acceptors (Lipinski definition) is 4. The second-order valence-corrected chi connectivity index (χ2v) is 6.56. The molecule has 21 heavy (non-hydrogen) atoms. The van der Waals surface area contributed by atoms with Crippen molar-refractivity contribution >= 4 is 21.4 Å². The van der Waals surface area contributed by atoms with Gasteiger partial charge in [-0.05, 0) is 30.5 Å². The number of rotatable bonds is 6. The van der Waals surface area contributed by atoms with Gasteiger partial charge in [-0.3, -0.25) is 0 Å². The van der Waals surface area contributed by atoms with Gasteiger partial charge >= 0.3 is 0 Å². The second-order valence-electron chi connectivity index (χ2n) is 5.48. The van der Waals surface area contributed by atoms with Gasteiger partial charge in [-0.15, -0.1) is 11.3 Å². The van der Waals surface area contributed by atoms with E-state index in [-0.39, 0.29) is 0 Å². The second kappa shape index (κ2) is 6.41. The SMILES string of the molecule is CC(C)NCCCc1ncc(-c2cc3ccccc3s2)o1. The molecule has 0 spiro atoms. The molecule has 0 saturated heterocycles. The van der Waals surface area contributed by atoms with Gasteiger partial charge in [0.15, 0.2) is 11.7 Å². The summed E-state index contributed by atoms with van der Waals surface area (Å²) in [5, 5.41) is 4.67. The van der Waals surface area contributed by atoms with Crippen molar-refractivity contribution in [2.45, 2.75) is 32.7 Å². The van der Waals surface area contributed by atoms with Crippen molar-refractivity contribution in [3.63, 3.8) is 0 Å². The third kappa shape index (κ3) is 3.52. The molecule has 1 aromatic carbocycles. The Morgan fingerprint density at radius 2 is 2.14 bits per heavy atom. The van der Waals surface area contributed by atoms with E-state index in [2.05, 4.69) is 54.5 Å². The van der Waals surface area contributed by atoms with Gasteiger partial charge in [0.05, 0.1) is 11.1 Å². The highest BCUT2D eigenvalue weighted by atomic mass is 32.1. The Hall–Kier alpha value is -1.65. The highest BCUT2D eigenvalue weighted by Gasteiger charge is 2.09. The van der Waals surface area contributed by atoms with Gasteiger partial charge in [0.25, 0.3) is 0 Å². The van der Waals surface area contributed by atoms with E-state index in [1.807, 2.05) is 6.20 Å². The van der Waals surface area contributed by atoms with Gasteiger partial charge in [0.1, 0.15) is 0 Å². The van der Waals surface area contributed by atoms with Crippen LogP contribution in [0, 0.1) is 0 Å². The van der Waals surface area contributed by atoms with Crippen molar-refractivity contribution in [2.24, 2.45) is 0 Å². The molecule has 110 valence electrons. The number of benzene rings is 1. The third-order valence-corrected chi connectivity index (χ3v) is 4.47. The molecule has 0 amide bonds. The van der Waals surface area contributed by atoms with Crippen LogP contribution in [0.5, 0.6) is 0 Å². The Morgan fingerprint density at radius 3 is 2.95 bits per heavy atom. The smallest absolute Gasteiger partial charge is 0.194 e. The molecule has 2 aromatic heterocycles. The molecular weight excluding hydrogens is 280 g/mol. The molecule has 0 radical (unpaired) electrons. The topological polar surface area (TPSA) is 38.1 Å². The molecule has 3 aromatic rings. The fourth-order valence-electron chi connectivity index (χ4n) is 2.27. The first-order valence-electron chi connectivity index (χ1n) is 7.39. The fourth-order valence-corrected chi connectivity index (χ4v) is 3.28. The zero-order chi connectivity index (χ0) is 14.7. The van der Waals surface area contributed by atoms with E-state index in [0.29, 0.717) is 6.04 Å². The third-order valence-electron chi connectivity index (χ3n) is 3.34. The average Bonchev–Trinajstić information content (AvgIpc) is 3.09. The molecule has 2 heterocycles. The molecule has 0 aliphatic heterocycles. The fraction of sp³-hybridized carbons (Fsp3) is 0.353. The zero-order valence-corrected chi connectivity index (χ0v) is 13.2. The van der Waals surface area contributed by atoms with E-state index in [1.54, 1.807) is 11.3 Å². The van der Waals surface area contributed by atoms with E-state index in [4.69, 9.17) is 4.42 Å². The van der Waals surface area contributed by atoms with E-state index in [9.17, 15) is 0 Å². The van der Waals surface area contributed by atoms with Gasteiger partial charge in [-0.25, -0.2) is 4.98 Å².